The van der Waals surface area contributed by atoms with E-state index in [-0.39, 0.29) is 12.8 Å². The third kappa shape index (κ3) is 9.39. The highest BCUT2D eigenvalue weighted by Crippen LogP contribution is 1.87. The van der Waals surface area contributed by atoms with E-state index in [1.807, 2.05) is 0 Å². The molecule has 0 aromatic carbocycles. The van der Waals surface area contributed by atoms with Crippen molar-refractivity contribution in [3.63, 3.8) is 0 Å². The lowest BCUT2D eigenvalue weighted by Crippen LogP contribution is -2.06. The van der Waals surface area contributed by atoms with Gasteiger partial charge in [0.25, 0.3) is 0 Å². The summed E-state index contributed by atoms with van der Waals surface area (Å²) in [6, 6.07) is 0. The Balaban J connectivity index is 2.85. The first kappa shape index (κ1) is 10.4. The molecule has 66 valence electrons. The summed E-state index contributed by atoms with van der Waals surface area (Å²) in [5.41, 5.74) is 5.25. The van der Waals surface area contributed by atoms with E-state index in [1.54, 1.807) is 0 Å². The fourth-order valence-corrected chi connectivity index (χ4v) is 0.532. The molecular weight excluding hydrogens is 146 g/mol. The predicted molar refractivity (Wildman–Crippen MR) is 40.9 cm³/mol. The number of unbranched alkanes of at least 4 members (excludes halogenated alkanes) is 1. The van der Waals surface area contributed by atoms with Gasteiger partial charge >= 0.3 is 5.97 Å². The summed E-state index contributed by atoms with van der Waals surface area (Å²) >= 11 is 0. The molecule has 0 spiro atoms. The van der Waals surface area contributed by atoms with Crippen LogP contribution >= 0.6 is 0 Å². The van der Waals surface area contributed by atoms with Crippen LogP contribution in [-0.2, 0) is 14.3 Å². The minimum absolute atomic E-state index is 0.0555. The molecule has 0 aromatic rings. The SMILES string of the molecule is CC(=O)OCOCCCCN. The van der Waals surface area contributed by atoms with Crippen LogP contribution in [0.15, 0.2) is 0 Å². The van der Waals surface area contributed by atoms with Crippen LogP contribution in [0.4, 0.5) is 0 Å². The molecule has 0 unspecified atom stereocenters. The summed E-state index contributed by atoms with van der Waals surface area (Å²) < 4.78 is 9.48. The van der Waals surface area contributed by atoms with E-state index in [9.17, 15) is 4.79 Å². The molecular formula is C7H15NO3. The second kappa shape index (κ2) is 7.50. The summed E-state index contributed by atoms with van der Waals surface area (Å²) in [4.78, 5) is 10.2. The maximum absolute atomic E-state index is 10.2. The smallest absolute Gasteiger partial charge is 0.304 e. The van der Waals surface area contributed by atoms with E-state index in [2.05, 4.69) is 4.74 Å². The molecule has 0 heterocycles. The fraction of sp³-hybridized carbons (Fsp3) is 0.857. The summed E-state index contributed by atoms with van der Waals surface area (Å²) in [6.07, 6.45) is 1.86. The van der Waals surface area contributed by atoms with Crippen molar-refractivity contribution in [2.24, 2.45) is 5.73 Å². The molecule has 0 saturated heterocycles. The molecule has 0 bridgehead atoms. The van der Waals surface area contributed by atoms with Crippen LogP contribution in [0.1, 0.15) is 19.8 Å². The van der Waals surface area contributed by atoms with Crippen molar-refractivity contribution in [1.29, 1.82) is 0 Å². The monoisotopic (exact) mass is 161 g/mol. The zero-order chi connectivity index (χ0) is 8.53. The highest BCUT2D eigenvalue weighted by atomic mass is 16.7. The summed E-state index contributed by atoms with van der Waals surface area (Å²) in [5, 5.41) is 0. The van der Waals surface area contributed by atoms with Crippen molar-refractivity contribution >= 4 is 5.97 Å². The second-order valence-corrected chi connectivity index (χ2v) is 2.16. The summed E-state index contributed by atoms with van der Waals surface area (Å²) in [7, 11) is 0. The van der Waals surface area contributed by atoms with E-state index >= 15 is 0 Å². The van der Waals surface area contributed by atoms with Gasteiger partial charge in [-0.3, -0.25) is 4.79 Å². The Bertz CT molecular complexity index is 106. The Hall–Kier alpha value is -0.610. The van der Waals surface area contributed by atoms with Gasteiger partial charge in [-0.05, 0) is 19.4 Å². The van der Waals surface area contributed by atoms with Crippen molar-refractivity contribution in [2.45, 2.75) is 19.8 Å². The molecule has 11 heavy (non-hydrogen) atoms. The molecule has 0 radical (unpaired) electrons. The first-order valence-corrected chi connectivity index (χ1v) is 3.68. The standard InChI is InChI=1S/C7H15NO3/c1-7(9)11-6-10-5-3-2-4-8/h2-6,8H2,1H3. The minimum atomic E-state index is -0.316. The molecule has 4 heteroatoms. The number of esters is 1. The molecule has 0 fully saturated rings. The zero-order valence-corrected chi connectivity index (χ0v) is 6.84. The molecule has 0 aliphatic heterocycles. The average Bonchev–Trinajstić information content (AvgIpc) is 1.96. The Kier molecular flexibility index (Phi) is 7.08. The van der Waals surface area contributed by atoms with E-state index in [0.29, 0.717) is 13.2 Å². The van der Waals surface area contributed by atoms with Gasteiger partial charge in [-0.15, -0.1) is 0 Å². The number of hydrogen-bond donors (Lipinski definition) is 1. The van der Waals surface area contributed by atoms with Crippen LogP contribution in [0, 0.1) is 0 Å². The number of carbonyl (C=O) groups excluding carboxylic acids is 1. The normalized spacial score (nSPS) is 9.64. The van der Waals surface area contributed by atoms with Crippen LogP contribution in [0.2, 0.25) is 0 Å². The Labute approximate surface area is 66.7 Å². The minimum Gasteiger partial charge on any atom is -0.439 e. The van der Waals surface area contributed by atoms with E-state index in [4.69, 9.17) is 10.5 Å². The molecule has 0 aromatic heterocycles. The Morgan fingerprint density at radius 3 is 2.73 bits per heavy atom. The van der Waals surface area contributed by atoms with E-state index < -0.39 is 0 Å². The van der Waals surface area contributed by atoms with Crippen molar-refractivity contribution in [1.82, 2.24) is 0 Å². The van der Waals surface area contributed by atoms with Gasteiger partial charge in [0.2, 0.25) is 0 Å². The Morgan fingerprint density at radius 2 is 2.18 bits per heavy atom. The van der Waals surface area contributed by atoms with E-state index in [0.717, 1.165) is 12.8 Å². The lowest BCUT2D eigenvalue weighted by atomic mass is 10.3. The number of ether oxygens (including phenoxy) is 2. The van der Waals surface area contributed by atoms with Crippen molar-refractivity contribution in [2.75, 3.05) is 19.9 Å². The van der Waals surface area contributed by atoms with Gasteiger partial charge in [0.15, 0.2) is 6.79 Å². The number of carbonyl (C=O) groups is 1. The molecule has 0 saturated carbocycles. The maximum Gasteiger partial charge on any atom is 0.304 e. The van der Waals surface area contributed by atoms with Gasteiger partial charge in [-0.2, -0.15) is 0 Å². The lowest BCUT2D eigenvalue weighted by Gasteiger charge is -2.02. The average molecular weight is 161 g/mol. The molecule has 0 amide bonds. The van der Waals surface area contributed by atoms with Crippen LogP contribution in [0.25, 0.3) is 0 Å². The van der Waals surface area contributed by atoms with Gasteiger partial charge in [0.1, 0.15) is 0 Å². The van der Waals surface area contributed by atoms with Gasteiger partial charge < -0.3 is 15.2 Å². The van der Waals surface area contributed by atoms with Crippen LogP contribution in [0.3, 0.4) is 0 Å². The van der Waals surface area contributed by atoms with Crippen LogP contribution in [0.5, 0.6) is 0 Å². The quantitative estimate of drug-likeness (QED) is 0.345. The van der Waals surface area contributed by atoms with Crippen molar-refractivity contribution < 1.29 is 14.3 Å². The zero-order valence-electron chi connectivity index (χ0n) is 6.84. The summed E-state index contributed by atoms with van der Waals surface area (Å²) in [6.45, 7) is 2.69. The number of hydrogen-bond acceptors (Lipinski definition) is 4. The van der Waals surface area contributed by atoms with Crippen LogP contribution < -0.4 is 5.73 Å². The third-order valence-corrected chi connectivity index (χ3v) is 1.09. The van der Waals surface area contributed by atoms with Gasteiger partial charge in [0, 0.05) is 6.92 Å². The van der Waals surface area contributed by atoms with Crippen molar-refractivity contribution in [3.8, 4) is 0 Å². The van der Waals surface area contributed by atoms with Gasteiger partial charge in [0.05, 0.1) is 6.61 Å². The molecule has 0 aliphatic rings. The number of nitrogens with two attached hydrogens (primary N) is 1. The molecule has 0 rings (SSSR count). The largest absolute Gasteiger partial charge is 0.439 e. The highest BCUT2D eigenvalue weighted by Gasteiger charge is 1.91. The topological polar surface area (TPSA) is 61.5 Å². The fourth-order valence-electron chi connectivity index (χ4n) is 0.532. The van der Waals surface area contributed by atoms with Crippen LogP contribution in [-0.4, -0.2) is 25.9 Å². The van der Waals surface area contributed by atoms with Gasteiger partial charge in [-0.25, -0.2) is 0 Å². The second-order valence-electron chi connectivity index (χ2n) is 2.16. The lowest BCUT2D eigenvalue weighted by molar-refractivity contribution is -0.153. The maximum atomic E-state index is 10.2. The predicted octanol–water partition coefficient (Wildman–Crippen LogP) is 0.263. The third-order valence-electron chi connectivity index (χ3n) is 1.09. The molecule has 4 nitrogen and oxygen atoms in total. The first-order valence-electron chi connectivity index (χ1n) is 3.68. The first-order chi connectivity index (χ1) is 5.27. The van der Waals surface area contributed by atoms with Crippen molar-refractivity contribution in [3.05, 3.63) is 0 Å². The summed E-state index contributed by atoms with van der Waals surface area (Å²) in [5.74, 6) is -0.316. The Morgan fingerprint density at radius 1 is 1.45 bits per heavy atom. The number of rotatable bonds is 6. The molecule has 0 atom stereocenters. The van der Waals surface area contributed by atoms with Gasteiger partial charge in [-0.1, -0.05) is 0 Å². The highest BCUT2D eigenvalue weighted by molar-refractivity contribution is 5.65. The van der Waals surface area contributed by atoms with E-state index in [1.165, 1.54) is 6.92 Å². The molecule has 0 aliphatic carbocycles. The molecule has 2 N–H and O–H groups in total.